The van der Waals surface area contributed by atoms with Crippen LogP contribution in [0.2, 0.25) is 0 Å². The van der Waals surface area contributed by atoms with E-state index in [9.17, 15) is 0 Å². The molecule has 102 valence electrons. The van der Waals surface area contributed by atoms with Gasteiger partial charge in [-0.1, -0.05) is 6.07 Å². The Kier molecular flexibility index (Phi) is 3.39. The Morgan fingerprint density at radius 3 is 2.65 bits per heavy atom. The van der Waals surface area contributed by atoms with Crippen molar-refractivity contribution in [2.24, 2.45) is 0 Å². The highest BCUT2D eigenvalue weighted by atomic mass is 16.5. The molecule has 0 amide bonds. The van der Waals surface area contributed by atoms with Crippen LogP contribution in [0.3, 0.4) is 0 Å². The first kappa shape index (κ1) is 12.7. The number of methoxy groups -OCH3 is 1. The molecule has 0 atom stereocenters. The van der Waals surface area contributed by atoms with Gasteiger partial charge in [-0.15, -0.1) is 0 Å². The van der Waals surface area contributed by atoms with E-state index in [1.807, 2.05) is 49.5 Å². The average molecular weight is 268 g/mol. The lowest BCUT2D eigenvalue weighted by molar-refractivity contribution is 0.415. The zero-order valence-electron chi connectivity index (χ0n) is 11.5. The van der Waals surface area contributed by atoms with Crippen molar-refractivity contribution >= 4 is 11.1 Å². The lowest BCUT2D eigenvalue weighted by Crippen LogP contribution is -2.04. The first-order valence-corrected chi connectivity index (χ1v) is 6.48. The van der Waals surface area contributed by atoms with E-state index in [0.717, 1.165) is 29.0 Å². The Bertz CT molecular complexity index is 717. The molecule has 0 saturated heterocycles. The first-order valence-electron chi connectivity index (χ1n) is 6.48. The highest BCUT2D eigenvalue weighted by Gasteiger charge is 2.08. The number of nitrogens with zero attached hydrogens (tertiary/aromatic N) is 1. The zero-order chi connectivity index (χ0) is 13.9. The summed E-state index contributed by atoms with van der Waals surface area (Å²) in [6, 6.07) is 13.7. The first-order chi connectivity index (χ1) is 9.80. The number of fused-ring (bicyclic) bond motifs is 1. The van der Waals surface area contributed by atoms with Crippen molar-refractivity contribution in [2.45, 2.75) is 6.54 Å². The molecule has 0 spiro atoms. The molecule has 20 heavy (non-hydrogen) atoms. The number of rotatable bonds is 4. The van der Waals surface area contributed by atoms with Crippen molar-refractivity contribution < 1.29 is 9.15 Å². The van der Waals surface area contributed by atoms with Crippen LogP contribution in [0.15, 0.2) is 46.9 Å². The van der Waals surface area contributed by atoms with Crippen LogP contribution in [0.4, 0.5) is 0 Å². The number of nitrogens with one attached hydrogen (secondary N) is 1. The second-order valence-electron chi connectivity index (χ2n) is 4.58. The summed E-state index contributed by atoms with van der Waals surface area (Å²) < 4.78 is 10.9. The van der Waals surface area contributed by atoms with Crippen molar-refractivity contribution in [1.82, 2.24) is 10.3 Å². The van der Waals surface area contributed by atoms with Gasteiger partial charge in [0.2, 0.25) is 5.89 Å². The maximum atomic E-state index is 5.79. The van der Waals surface area contributed by atoms with Crippen LogP contribution in [0, 0.1) is 0 Å². The van der Waals surface area contributed by atoms with Gasteiger partial charge in [0.15, 0.2) is 5.58 Å². The van der Waals surface area contributed by atoms with Gasteiger partial charge in [-0.05, 0) is 49.0 Å². The molecule has 0 aliphatic carbocycles. The SMILES string of the molecule is CNCc1ccc2oc(-c3ccc(OC)cc3)nc2c1. The number of oxazole rings is 1. The molecule has 1 N–H and O–H groups in total. The van der Waals surface area contributed by atoms with Gasteiger partial charge < -0.3 is 14.5 Å². The number of ether oxygens (including phenoxy) is 1. The summed E-state index contributed by atoms with van der Waals surface area (Å²) in [4.78, 5) is 4.55. The van der Waals surface area contributed by atoms with Gasteiger partial charge in [-0.2, -0.15) is 0 Å². The normalized spacial score (nSPS) is 10.9. The quantitative estimate of drug-likeness (QED) is 0.789. The Morgan fingerprint density at radius 1 is 1.15 bits per heavy atom. The summed E-state index contributed by atoms with van der Waals surface area (Å²) in [7, 11) is 3.58. The molecule has 0 radical (unpaired) electrons. The molecule has 0 saturated carbocycles. The van der Waals surface area contributed by atoms with Crippen molar-refractivity contribution in [2.75, 3.05) is 14.2 Å². The van der Waals surface area contributed by atoms with Crippen molar-refractivity contribution in [3.05, 3.63) is 48.0 Å². The third kappa shape index (κ3) is 2.38. The number of hydrogen-bond donors (Lipinski definition) is 1. The summed E-state index contributed by atoms with van der Waals surface area (Å²) in [5, 5.41) is 3.13. The minimum absolute atomic E-state index is 0.629. The number of benzene rings is 2. The summed E-state index contributed by atoms with van der Waals surface area (Å²) in [5.41, 5.74) is 3.81. The van der Waals surface area contributed by atoms with Crippen LogP contribution in [-0.2, 0) is 6.54 Å². The minimum Gasteiger partial charge on any atom is -0.497 e. The van der Waals surface area contributed by atoms with E-state index in [1.165, 1.54) is 5.56 Å². The van der Waals surface area contributed by atoms with Gasteiger partial charge in [0.05, 0.1) is 7.11 Å². The number of aromatic nitrogens is 1. The topological polar surface area (TPSA) is 47.3 Å². The van der Waals surface area contributed by atoms with Gasteiger partial charge in [0.1, 0.15) is 11.3 Å². The van der Waals surface area contributed by atoms with E-state index in [2.05, 4.69) is 10.3 Å². The Hall–Kier alpha value is -2.33. The Balaban J connectivity index is 1.98. The van der Waals surface area contributed by atoms with Crippen LogP contribution >= 0.6 is 0 Å². The predicted octanol–water partition coefficient (Wildman–Crippen LogP) is 3.22. The summed E-state index contributed by atoms with van der Waals surface area (Å²) in [6.45, 7) is 0.820. The monoisotopic (exact) mass is 268 g/mol. The van der Waals surface area contributed by atoms with Crippen LogP contribution in [0.1, 0.15) is 5.56 Å². The zero-order valence-corrected chi connectivity index (χ0v) is 11.5. The molecule has 3 rings (SSSR count). The van der Waals surface area contributed by atoms with Gasteiger partial charge in [-0.3, -0.25) is 0 Å². The van der Waals surface area contributed by atoms with E-state index in [4.69, 9.17) is 9.15 Å². The van der Waals surface area contributed by atoms with Crippen molar-refractivity contribution in [3.8, 4) is 17.2 Å². The Labute approximate surface area is 117 Å². The van der Waals surface area contributed by atoms with Crippen LogP contribution in [0.25, 0.3) is 22.6 Å². The number of hydrogen-bond acceptors (Lipinski definition) is 4. The lowest BCUT2D eigenvalue weighted by atomic mass is 10.2. The largest absolute Gasteiger partial charge is 0.497 e. The smallest absolute Gasteiger partial charge is 0.227 e. The molecular formula is C16H16N2O2. The minimum atomic E-state index is 0.629. The maximum Gasteiger partial charge on any atom is 0.227 e. The molecule has 4 heteroatoms. The third-order valence-electron chi connectivity index (χ3n) is 3.17. The van der Waals surface area contributed by atoms with E-state index in [1.54, 1.807) is 7.11 Å². The highest BCUT2D eigenvalue weighted by Crippen LogP contribution is 2.26. The average Bonchev–Trinajstić information content (AvgIpc) is 2.91. The van der Waals surface area contributed by atoms with E-state index < -0.39 is 0 Å². The second-order valence-corrected chi connectivity index (χ2v) is 4.58. The highest BCUT2D eigenvalue weighted by molar-refractivity contribution is 5.77. The summed E-state index contributed by atoms with van der Waals surface area (Å²) in [6.07, 6.45) is 0. The molecule has 0 bridgehead atoms. The van der Waals surface area contributed by atoms with E-state index in [-0.39, 0.29) is 0 Å². The van der Waals surface area contributed by atoms with Gasteiger partial charge >= 0.3 is 0 Å². The molecule has 1 heterocycles. The van der Waals surface area contributed by atoms with Gasteiger partial charge in [0, 0.05) is 12.1 Å². The fourth-order valence-corrected chi connectivity index (χ4v) is 2.14. The predicted molar refractivity (Wildman–Crippen MR) is 78.8 cm³/mol. The van der Waals surface area contributed by atoms with E-state index >= 15 is 0 Å². The van der Waals surface area contributed by atoms with Crippen molar-refractivity contribution in [1.29, 1.82) is 0 Å². The fourth-order valence-electron chi connectivity index (χ4n) is 2.14. The lowest BCUT2D eigenvalue weighted by Gasteiger charge is -1.99. The van der Waals surface area contributed by atoms with Gasteiger partial charge in [0.25, 0.3) is 0 Å². The molecule has 4 nitrogen and oxygen atoms in total. The van der Waals surface area contributed by atoms with Crippen LogP contribution in [0.5, 0.6) is 5.75 Å². The van der Waals surface area contributed by atoms with E-state index in [0.29, 0.717) is 5.89 Å². The maximum absolute atomic E-state index is 5.79. The molecule has 0 aliphatic heterocycles. The van der Waals surface area contributed by atoms with Crippen LogP contribution < -0.4 is 10.1 Å². The molecule has 1 aromatic heterocycles. The van der Waals surface area contributed by atoms with Crippen LogP contribution in [-0.4, -0.2) is 19.1 Å². The molecule has 0 aliphatic rings. The summed E-state index contributed by atoms with van der Waals surface area (Å²) >= 11 is 0. The molecular weight excluding hydrogens is 252 g/mol. The van der Waals surface area contributed by atoms with Gasteiger partial charge in [-0.25, -0.2) is 4.98 Å². The molecule has 0 unspecified atom stereocenters. The standard InChI is InChI=1S/C16H16N2O2/c1-17-10-11-3-8-15-14(9-11)18-16(20-15)12-4-6-13(19-2)7-5-12/h3-9,17H,10H2,1-2H3. The fraction of sp³-hybridized carbons (Fsp3) is 0.188. The molecule has 2 aromatic carbocycles. The third-order valence-corrected chi connectivity index (χ3v) is 3.17. The summed E-state index contributed by atoms with van der Waals surface area (Å²) in [5.74, 6) is 1.45. The molecule has 3 aromatic rings. The Morgan fingerprint density at radius 2 is 1.95 bits per heavy atom. The van der Waals surface area contributed by atoms with Crippen molar-refractivity contribution in [3.63, 3.8) is 0 Å². The second kappa shape index (κ2) is 5.35. The molecule has 0 fully saturated rings.